The Hall–Kier alpha value is -1.16. The number of halogens is 2. The van der Waals surface area contributed by atoms with Gasteiger partial charge in [0.05, 0.1) is 9.09 Å². The predicted octanol–water partition coefficient (Wildman–Crippen LogP) is 3.99. The molecule has 22 heavy (non-hydrogen) atoms. The van der Waals surface area contributed by atoms with E-state index < -0.39 is 17.6 Å². The van der Waals surface area contributed by atoms with Gasteiger partial charge in [-0.15, -0.1) is 5.10 Å². The van der Waals surface area contributed by atoms with Crippen molar-refractivity contribution in [1.82, 2.24) is 9.61 Å². The highest BCUT2D eigenvalue weighted by Crippen LogP contribution is 2.28. The zero-order chi connectivity index (χ0) is 16.7. The SMILES string of the molecule is CC(=O)N(C(=O)OC(C)(C)C)c1nn2cc(Br)ccc2c1I. The number of anilines is 1. The van der Waals surface area contributed by atoms with Crippen molar-refractivity contribution < 1.29 is 14.3 Å². The topological polar surface area (TPSA) is 63.9 Å². The molecule has 0 saturated heterocycles. The van der Waals surface area contributed by atoms with Crippen LogP contribution >= 0.6 is 38.5 Å². The number of nitrogens with zero attached hydrogens (tertiary/aromatic N) is 3. The largest absolute Gasteiger partial charge is 0.443 e. The molecule has 2 amide bonds. The summed E-state index contributed by atoms with van der Waals surface area (Å²) in [5, 5.41) is 4.33. The molecule has 0 aromatic carbocycles. The van der Waals surface area contributed by atoms with E-state index in [-0.39, 0.29) is 5.82 Å². The van der Waals surface area contributed by atoms with E-state index in [1.54, 1.807) is 31.5 Å². The van der Waals surface area contributed by atoms with Crippen LogP contribution in [0.1, 0.15) is 27.7 Å². The van der Waals surface area contributed by atoms with Gasteiger partial charge in [-0.1, -0.05) is 0 Å². The number of fused-ring (bicyclic) bond motifs is 1. The molecule has 2 heterocycles. The first kappa shape index (κ1) is 17.2. The maximum absolute atomic E-state index is 12.3. The third-order valence-corrected chi connectivity index (χ3v) is 4.12. The number of rotatable bonds is 1. The molecule has 0 N–H and O–H groups in total. The molecule has 0 aliphatic heterocycles. The minimum absolute atomic E-state index is 0.264. The smallest absolute Gasteiger partial charge is 0.423 e. The zero-order valence-electron chi connectivity index (χ0n) is 12.6. The van der Waals surface area contributed by atoms with E-state index in [2.05, 4.69) is 43.6 Å². The number of aromatic nitrogens is 2. The van der Waals surface area contributed by atoms with Crippen LogP contribution in [0, 0.1) is 3.57 Å². The number of imide groups is 1. The molecule has 0 atom stereocenters. The molecule has 2 rings (SSSR count). The van der Waals surface area contributed by atoms with E-state index in [1.807, 2.05) is 12.1 Å². The molecule has 0 aliphatic carbocycles. The summed E-state index contributed by atoms with van der Waals surface area (Å²) in [5.41, 5.74) is 0.104. The molecule has 0 spiro atoms. The number of pyridine rings is 1. The number of ether oxygens (including phenoxy) is 1. The maximum atomic E-state index is 12.3. The van der Waals surface area contributed by atoms with Gasteiger partial charge in [0.2, 0.25) is 5.91 Å². The van der Waals surface area contributed by atoms with Crippen molar-refractivity contribution in [2.24, 2.45) is 0 Å². The Balaban J connectivity index is 2.52. The van der Waals surface area contributed by atoms with Crippen molar-refractivity contribution >= 4 is 61.9 Å². The average molecular weight is 480 g/mol. The fourth-order valence-corrected chi connectivity index (χ4v) is 2.90. The molecule has 118 valence electrons. The number of carbonyl (C=O) groups excluding carboxylic acids is 2. The summed E-state index contributed by atoms with van der Waals surface area (Å²) in [5.74, 6) is -0.185. The first-order valence-corrected chi connectivity index (χ1v) is 8.34. The van der Waals surface area contributed by atoms with Gasteiger partial charge in [-0.3, -0.25) is 4.79 Å². The second kappa shape index (κ2) is 6.15. The number of carbonyl (C=O) groups is 2. The minimum atomic E-state index is -0.736. The lowest BCUT2D eigenvalue weighted by molar-refractivity contribution is -0.116. The summed E-state index contributed by atoms with van der Waals surface area (Å²) in [7, 11) is 0. The van der Waals surface area contributed by atoms with Crippen molar-refractivity contribution in [1.29, 1.82) is 0 Å². The van der Waals surface area contributed by atoms with Crippen LogP contribution in [0.4, 0.5) is 10.6 Å². The van der Waals surface area contributed by atoms with Crippen LogP contribution in [0.15, 0.2) is 22.8 Å². The highest BCUT2D eigenvalue weighted by Gasteiger charge is 2.30. The summed E-state index contributed by atoms with van der Waals surface area (Å²) in [4.78, 5) is 25.2. The summed E-state index contributed by atoms with van der Waals surface area (Å²) in [6, 6.07) is 3.73. The summed E-state index contributed by atoms with van der Waals surface area (Å²) in [6.07, 6.45) is 1.02. The van der Waals surface area contributed by atoms with Crippen LogP contribution in [0.5, 0.6) is 0 Å². The Bertz CT molecular complexity index is 752. The number of hydrogen-bond donors (Lipinski definition) is 0. The van der Waals surface area contributed by atoms with Crippen LogP contribution in [-0.4, -0.2) is 27.2 Å². The summed E-state index contributed by atoms with van der Waals surface area (Å²) in [6.45, 7) is 6.54. The van der Waals surface area contributed by atoms with Gasteiger partial charge in [0.1, 0.15) is 5.60 Å². The average Bonchev–Trinajstić information content (AvgIpc) is 2.63. The second-order valence-electron chi connectivity index (χ2n) is 5.65. The quantitative estimate of drug-likeness (QED) is 0.580. The Kier molecular flexibility index (Phi) is 4.81. The highest BCUT2D eigenvalue weighted by molar-refractivity contribution is 14.1. The lowest BCUT2D eigenvalue weighted by atomic mass is 10.2. The van der Waals surface area contributed by atoms with Crippen molar-refractivity contribution in [2.75, 3.05) is 4.90 Å². The zero-order valence-corrected chi connectivity index (χ0v) is 16.3. The van der Waals surface area contributed by atoms with Gasteiger partial charge in [0.25, 0.3) is 0 Å². The van der Waals surface area contributed by atoms with Gasteiger partial charge in [0, 0.05) is 17.6 Å². The Morgan fingerprint density at radius 1 is 1.36 bits per heavy atom. The molecule has 0 radical (unpaired) electrons. The lowest BCUT2D eigenvalue weighted by Gasteiger charge is -2.24. The van der Waals surface area contributed by atoms with Crippen molar-refractivity contribution in [2.45, 2.75) is 33.3 Å². The molecule has 0 aliphatic rings. The third-order valence-electron chi connectivity index (χ3n) is 2.62. The Morgan fingerprint density at radius 2 is 2.00 bits per heavy atom. The van der Waals surface area contributed by atoms with Crippen LogP contribution in [0.3, 0.4) is 0 Å². The van der Waals surface area contributed by atoms with Gasteiger partial charge in [-0.2, -0.15) is 4.90 Å². The monoisotopic (exact) mass is 479 g/mol. The molecule has 6 nitrogen and oxygen atoms in total. The molecular formula is C14H15BrIN3O3. The van der Waals surface area contributed by atoms with Crippen LogP contribution < -0.4 is 4.90 Å². The maximum Gasteiger partial charge on any atom is 0.423 e. The normalized spacial score (nSPS) is 11.5. The number of amides is 2. The molecule has 8 heteroatoms. The van der Waals surface area contributed by atoms with Crippen LogP contribution in [0.2, 0.25) is 0 Å². The van der Waals surface area contributed by atoms with Gasteiger partial charge in [0.15, 0.2) is 5.82 Å². The summed E-state index contributed by atoms with van der Waals surface area (Å²) >= 11 is 5.43. The van der Waals surface area contributed by atoms with Gasteiger partial charge >= 0.3 is 6.09 Å². The molecule has 0 bridgehead atoms. The standard InChI is InChI=1S/C14H15BrIN3O3/c1-8(20)19(13(21)22-14(2,3)4)12-11(16)10-6-5-9(15)7-18(10)17-12/h5-7H,1-4H3. The van der Waals surface area contributed by atoms with Crippen molar-refractivity contribution in [3.05, 3.63) is 26.4 Å². The van der Waals surface area contributed by atoms with E-state index in [0.29, 0.717) is 3.57 Å². The van der Waals surface area contributed by atoms with Gasteiger partial charge in [-0.25, -0.2) is 9.31 Å². The van der Waals surface area contributed by atoms with Crippen molar-refractivity contribution in [3.8, 4) is 0 Å². The first-order valence-electron chi connectivity index (χ1n) is 6.47. The van der Waals surface area contributed by atoms with Crippen molar-refractivity contribution in [3.63, 3.8) is 0 Å². The van der Waals surface area contributed by atoms with Gasteiger partial charge in [-0.05, 0) is 71.4 Å². The van der Waals surface area contributed by atoms with E-state index >= 15 is 0 Å². The predicted molar refractivity (Wildman–Crippen MR) is 95.0 cm³/mol. The highest BCUT2D eigenvalue weighted by atomic mass is 127. The van der Waals surface area contributed by atoms with E-state index in [9.17, 15) is 9.59 Å². The van der Waals surface area contributed by atoms with Crippen LogP contribution in [0.25, 0.3) is 5.52 Å². The van der Waals surface area contributed by atoms with E-state index in [0.717, 1.165) is 14.9 Å². The molecule has 2 aromatic rings. The third kappa shape index (κ3) is 3.60. The van der Waals surface area contributed by atoms with E-state index in [4.69, 9.17) is 4.74 Å². The van der Waals surface area contributed by atoms with E-state index in [1.165, 1.54) is 6.92 Å². The molecular weight excluding hydrogens is 465 g/mol. The Morgan fingerprint density at radius 3 is 2.55 bits per heavy atom. The van der Waals surface area contributed by atoms with Crippen LogP contribution in [-0.2, 0) is 9.53 Å². The fraction of sp³-hybridized carbons (Fsp3) is 0.357. The second-order valence-corrected chi connectivity index (χ2v) is 7.64. The molecule has 0 saturated carbocycles. The molecule has 0 fully saturated rings. The first-order chi connectivity index (χ1) is 10.1. The summed E-state index contributed by atoms with van der Waals surface area (Å²) < 4.78 is 8.45. The lowest BCUT2D eigenvalue weighted by Crippen LogP contribution is -2.40. The number of hydrogen-bond acceptors (Lipinski definition) is 4. The Labute approximate surface area is 150 Å². The molecule has 0 unspecified atom stereocenters. The minimum Gasteiger partial charge on any atom is -0.443 e. The molecule has 2 aromatic heterocycles. The van der Waals surface area contributed by atoms with Gasteiger partial charge < -0.3 is 4.74 Å². The fourth-order valence-electron chi connectivity index (χ4n) is 1.80.